The molecule has 1 amide bonds. The summed E-state index contributed by atoms with van der Waals surface area (Å²) in [5.74, 6) is 0.102. The SMILES string of the molecule is CCOc1ccc(/C=C/C(=O)OC(C)C(=O)N2CCN(Cc3ccccc3)CC2)cc1. The van der Waals surface area contributed by atoms with Crippen LogP contribution in [0, 0.1) is 0 Å². The molecule has 0 aromatic heterocycles. The molecule has 6 nitrogen and oxygen atoms in total. The van der Waals surface area contributed by atoms with E-state index in [9.17, 15) is 9.59 Å². The van der Waals surface area contributed by atoms with Gasteiger partial charge in [0.15, 0.2) is 6.10 Å². The number of piperazine rings is 1. The molecular formula is C25H30N2O4. The van der Waals surface area contributed by atoms with E-state index < -0.39 is 12.1 Å². The van der Waals surface area contributed by atoms with Gasteiger partial charge in [-0.2, -0.15) is 0 Å². The van der Waals surface area contributed by atoms with E-state index >= 15 is 0 Å². The van der Waals surface area contributed by atoms with Crippen molar-refractivity contribution in [2.45, 2.75) is 26.5 Å². The number of benzene rings is 2. The highest BCUT2D eigenvalue weighted by Gasteiger charge is 2.26. The molecule has 164 valence electrons. The zero-order chi connectivity index (χ0) is 22.1. The maximum Gasteiger partial charge on any atom is 0.331 e. The van der Waals surface area contributed by atoms with Crippen LogP contribution in [0.4, 0.5) is 0 Å². The number of carbonyl (C=O) groups excluding carboxylic acids is 2. The fourth-order valence-electron chi connectivity index (χ4n) is 3.50. The molecule has 1 aliphatic heterocycles. The van der Waals surface area contributed by atoms with Crippen LogP contribution in [0.15, 0.2) is 60.7 Å². The standard InChI is InChI=1S/C25H30N2O4/c1-3-30-23-12-9-21(10-13-23)11-14-24(28)31-20(2)25(29)27-17-15-26(16-18-27)19-22-7-5-4-6-8-22/h4-14,20H,3,15-19H2,1-2H3/b14-11+. The molecule has 0 aliphatic carbocycles. The molecule has 0 N–H and O–H groups in total. The van der Waals surface area contributed by atoms with Crippen molar-refractivity contribution in [1.82, 2.24) is 9.80 Å². The minimum Gasteiger partial charge on any atom is -0.494 e. The van der Waals surface area contributed by atoms with Crippen molar-refractivity contribution in [3.8, 4) is 5.75 Å². The first kappa shape index (κ1) is 22.6. The number of amides is 1. The van der Waals surface area contributed by atoms with Crippen molar-refractivity contribution in [1.29, 1.82) is 0 Å². The highest BCUT2D eigenvalue weighted by atomic mass is 16.5. The number of esters is 1. The van der Waals surface area contributed by atoms with Crippen molar-refractivity contribution in [2.24, 2.45) is 0 Å². The molecule has 1 fully saturated rings. The van der Waals surface area contributed by atoms with Gasteiger partial charge in [0.05, 0.1) is 6.61 Å². The summed E-state index contributed by atoms with van der Waals surface area (Å²) in [5.41, 5.74) is 2.12. The molecule has 1 atom stereocenters. The molecule has 1 saturated heterocycles. The molecule has 2 aromatic carbocycles. The van der Waals surface area contributed by atoms with Crippen molar-refractivity contribution in [3.05, 3.63) is 71.8 Å². The molecule has 0 bridgehead atoms. The zero-order valence-electron chi connectivity index (χ0n) is 18.2. The lowest BCUT2D eigenvalue weighted by atomic mass is 10.2. The molecule has 1 unspecified atom stereocenters. The van der Waals surface area contributed by atoms with Gasteiger partial charge in [-0.25, -0.2) is 4.79 Å². The van der Waals surface area contributed by atoms with E-state index in [0.29, 0.717) is 19.7 Å². The summed E-state index contributed by atoms with van der Waals surface area (Å²) in [6.45, 7) is 7.92. The van der Waals surface area contributed by atoms with Crippen LogP contribution in [-0.4, -0.2) is 60.6 Å². The lowest BCUT2D eigenvalue weighted by Gasteiger charge is -2.35. The molecule has 1 aliphatic rings. The molecule has 2 aromatic rings. The Balaban J connectivity index is 1.43. The predicted molar refractivity (Wildman–Crippen MR) is 120 cm³/mol. The Hall–Kier alpha value is -3.12. The summed E-state index contributed by atoms with van der Waals surface area (Å²) < 4.78 is 10.7. The fourth-order valence-corrected chi connectivity index (χ4v) is 3.50. The number of ether oxygens (including phenoxy) is 2. The third-order valence-electron chi connectivity index (χ3n) is 5.18. The summed E-state index contributed by atoms with van der Waals surface area (Å²) in [6.07, 6.45) is 2.20. The highest BCUT2D eigenvalue weighted by molar-refractivity contribution is 5.90. The number of nitrogens with zero attached hydrogens (tertiary/aromatic N) is 2. The van der Waals surface area contributed by atoms with Crippen LogP contribution >= 0.6 is 0 Å². The van der Waals surface area contributed by atoms with E-state index in [1.807, 2.05) is 49.4 Å². The Morgan fingerprint density at radius 2 is 1.68 bits per heavy atom. The Bertz CT molecular complexity index is 872. The van der Waals surface area contributed by atoms with Gasteiger partial charge in [0, 0.05) is 38.8 Å². The Kier molecular flexibility index (Phi) is 8.24. The second-order valence-electron chi connectivity index (χ2n) is 7.50. The van der Waals surface area contributed by atoms with Gasteiger partial charge < -0.3 is 14.4 Å². The molecular weight excluding hydrogens is 392 g/mol. The average molecular weight is 423 g/mol. The Morgan fingerprint density at radius 3 is 2.32 bits per heavy atom. The summed E-state index contributed by atoms with van der Waals surface area (Å²) in [5, 5.41) is 0. The van der Waals surface area contributed by atoms with E-state index in [2.05, 4.69) is 17.0 Å². The molecule has 3 rings (SSSR count). The Morgan fingerprint density at radius 1 is 1.00 bits per heavy atom. The maximum atomic E-state index is 12.7. The minimum atomic E-state index is -0.807. The van der Waals surface area contributed by atoms with Crippen LogP contribution in [0.5, 0.6) is 5.75 Å². The summed E-state index contributed by atoms with van der Waals surface area (Å²) in [7, 11) is 0. The molecule has 0 radical (unpaired) electrons. The van der Waals surface area contributed by atoms with E-state index in [1.54, 1.807) is 17.9 Å². The van der Waals surface area contributed by atoms with Crippen LogP contribution < -0.4 is 4.74 Å². The van der Waals surface area contributed by atoms with Crippen molar-refractivity contribution < 1.29 is 19.1 Å². The van der Waals surface area contributed by atoms with Crippen LogP contribution in [0.2, 0.25) is 0 Å². The first-order chi connectivity index (χ1) is 15.0. The molecule has 1 heterocycles. The number of rotatable bonds is 8. The molecule has 31 heavy (non-hydrogen) atoms. The van der Waals surface area contributed by atoms with Crippen molar-refractivity contribution >= 4 is 18.0 Å². The average Bonchev–Trinajstić information content (AvgIpc) is 2.79. The van der Waals surface area contributed by atoms with Crippen LogP contribution in [0.3, 0.4) is 0 Å². The van der Waals surface area contributed by atoms with Gasteiger partial charge in [0.25, 0.3) is 5.91 Å². The number of hydrogen-bond donors (Lipinski definition) is 0. The van der Waals surface area contributed by atoms with Gasteiger partial charge in [0.2, 0.25) is 0 Å². The topological polar surface area (TPSA) is 59.1 Å². The predicted octanol–water partition coefficient (Wildman–Crippen LogP) is 3.37. The normalized spacial score (nSPS) is 15.6. The van der Waals surface area contributed by atoms with Gasteiger partial charge in [0.1, 0.15) is 5.75 Å². The minimum absolute atomic E-state index is 0.151. The van der Waals surface area contributed by atoms with E-state index in [4.69, 9.17) is 9.47 Å². The zero-order valence-corrected chi connectivity index (χ0v) is 18.2. The third-order valence-corrected chi connectivity index (χ3v) is 5.18. The largest absolute Gasteiger partial charge is 0.494 e. The van der Waals surface area contributed by atoms with Crippen molar-refractivity contribution in [3.63, 3.8) is 0 Å². The molecule has 0 saturated carbocycles. The summed E-state index contributed by atoms with van der Waals surface area (Å²) >= 11 is 0. The van der Waals surface area contributed by atoms with E-state index in [0.717, 1.165) is 30.9 Å². The fraction of sp³-hybridized carbons (Fsp3) is 0.360. The summed E-state index contributed by atoms with van der Waals surface area (Å²) in [6, 6.07) is 17.7. The quantitative estimate of drug-likeness (QED) is 0.482. The van der Waals surface area contributed by atoms with Crippen LogP contribution in [0.1, 0.15) is 25.0 Å². The van der Waals surface area contributed by atoms with E-state index in [1.165, 1.54) is 11.6 Å². The van der Waals surface area contributed by atoms with Gasteiger partial charge >= 0.3 is 5.97 Å². The van der Waals surface area contributed by atoms with Crippen LogP contribution in [-0.2, 0) is 20.9 Å². The maximum absolute atomic E-state index is 12.7. The molecule has 0 spiro atoms. The lowest BCUT2D eigenvalue weighted by molar-refractivity contribution is -0.156. The number of hydrogen-bond acceptors (Lipinski definition) is 5. The van der Waals surface area contributed by atoms with Crippen LogP contribution in [0.25, 0.3) is 6.08 Å². The van der Waals surface area contributed by atoms with E-state index in [-0.39, 0.29) is 5.91 Å². The second kappa shape index (κ2) is 11.3. The van der Waals surface area contributed by atoms with Gasteiger partial charge in [-0.1, -0.05) is 42.5 Å². The monoisotopic (exact) mass is 422 g/mol. The van der Waals surface area contributed by atoms with Gasteiger partial charge in [-0.05, 0) is 43.2 Å². The molecule has 6 heteroatoms. The first-order valence-corrected chi connectivity index (χ1v) is 10.7. The smallest absolute Gasteiger partial charge is 0.331 e. The van der Waals surface area contributed by atoms with Crippen molar-refractivity contribution in [2.75, 3.05) is 32.8 Å². The van der Waals surface area contributed by atoms with Gasteiger partial charge in [-0.3, -0.25) is 9.69 Å². The second-order valence-corrected chi connectivity index (χ2v) is 7.50. The third kappa shape index (κ3) is 6.96. The summed E-state index contributed by atoms with van der Waals surface area (Å²) in [4.78, 5) is 28.9. The lowest BCUT2D eigenvalue weighted by Crippen LogP contribution is -2.51. The number of carbonyl (C=O) groups is 2. The highest BCUT2D eigenvalue weighted by Crippen LogP contribution is 2.14. The Labute approximate surface area is 184 Å². The van der Waals surface area contributed by atoms with Gasteiger partial charge in [-0.15, -0.1) is 0 Å². The first-order valence-electron chi connectivity index (χ1n) is 10.7.